The van der Waals surface area contributed by atoms with Crippen molar-refractivity contribution in [1.82, 2.24) is 0 Å². The highest BCUT2D eigenvalue weighted by molar-refractivity contribution is 5.67. The van der Waals surface area contributed by atoms with Crippen molar-refractivity contribution in [2.75, 3.05) is 0 Å². The topological polar surface area (TPSA) is 66.8 Å². The molecule has 4 saturated carbocycles. The summed E-state index contributed by atoms with van der Waals surface area (Å²) in [7, 11) is 0. The minimum Gasteiger partial charge on any atom is -0.481 e. The number of hydrogen-bond donors (Lipinski definition) is 2. The maximum atomic E-state index is 11.6. The van der Waals surface area contributed by atoms with Crippen molar-refractivity contribution in [2.45, 2.75) is 111 Å². The molecule has 0 aromatic carbocycles. The van der Waals surface area contributed by atoms with Crippen LogP contribution in [0.2, 0.25) is 0 Å². The van der Waals surface area contributed by atoms with Crippen molar-refractivity contribution < 1.29 is 20.0 Å². The number of carbonyl (C=O) groups is 1. The SMILES string of the molecule is C=C(C)[C@@H]1CC[C@@H]2[C@]3(CC[C@]4(C)[C@@H]([C@H](C)C/C=C/C(C)(C)OO)CC[C@@]24C)C[C@]13CCC(=O)O. The molecular formula is C30H48O4. The molecule has 0 saturated heterocycles. The summed E-state index contributed by atoms with van der Waals surface area (Å²) in [6, 6.07) is 0. The molecule has 1 spiro atoms. The standard InChI is InChI=1S/C30H48O4/c1-20(2)22-10-11-24-28(7)15-12-23(21(3)9-8-14-26(4,5)34-33)27(28,6)17-18-30(24)19-29(22,30)16-13-25(31)32/h8,14,21-24,33H,1,9-13,15-19H2,2-7H3,(H,31,32)/b14-8+/t21-,22+,23-,24+,27-,28+,29-,30+/m1/s1. The lowest BCUT2D eigenvalue weighted by molar-refractivity contribution is -0.297. The maximum absolute atomic E-state index is 11.6. The van der Waals surface area contributed by atoms with Crippen LogP contribution in [0, 0.1) is 45.3 Å². The van der Waals surface area contributed by atoms with Crippen LogP contribution in [0.25, 0.3) is 0 Å². The summed E-state index contributed by atoms with van der Waals surface area (Å²) in [4.78, 5) is 16.2. The zero-order valence-electron chi connectivity index (χ0n) is 22.5. The van der Waals surface area contributed by atoms with Crippen molar-refractivity contribution in [3.8, 4) is 0 Å². The number of aliphatic carboxylic acids is 1. The van der Waals surface area contributed by atoms with E-state index >= 15 is 0 Å². The first kappa shape index (κ1) is 25.9. The van der Waals surface area contributed by atoms with Gasteiger partial charge in [0.2, 0.25) is 0 Å². The van der Waals surface area contributed by atoms with Gasteiger partial charge in [-0.25, -0.2) is 4.89 Å². The average Bonchev–Trinajstić information content (AvgIpc) is 3.35. The Morgan fingerprint density at radius 1 is 1.18 bits per heavy atom. The van der Waals surface area contributed by atoms with Crippen LogP contribution >= 0.6 is 0 Å². The van der Waals surface area contributed by atoms with E-state index in [9.17, 15) is 9.90 Å². The smallest absolute Gasteiger partial charge is 0.303 e. The minimum absolute atomic E-state index is 0.173. The molecule has 4 rings (SSSR count). The number of fused-ring (bicyclic) bond motifs is 2. The number of hydrogen-bond acceptors (Lipinski definition) is 3. The van der Waals surface area contributed by atoms with Gasteiger partial charge in [0.1, 0.15) is 5.60 Å². The molecule has 0 bridgehead atoms. The van der Waals surface area contributed by atoms with E-state index < -0.39 is 11.6 Å². The lowest BCUT2D eigenvalue weighted by atomic mass is 9.43. The Kier molecular flexibility index (Phi) is 6.47. The first-order valence-electron chi connectivity index (χ1n) is 13.7. The second-order valence-corrected chi connectivity index (χ2v) is 13.7. The molecule has 34 heavy (non-hydrogen) atoms. The normalized spacial score (nSPS) is 44.3. The predicted molar refractivity (Wildman–Crippen MR) is 136 cm³/mol. The largest absolute Gasteiger partial charge is 0.481 e. The van der Waals surface area contributed by atoms with Crippen LogP contribution in [0.1, 0.15) is 106 Å². The lowest BCUT2D eigenvalue weighted by Crippen LogP contribution is -2.54. The Hall–Kier alpha value is -1.13. The summed E-state index contributed by atoms with van der Waals surface area (Å²) in [5, 5.41) is 18.6. The molecule has 0 aromatic heterocycles. The fraction of sp³-hybridized carbons (Fsp3) is 0.833. The van der Waals surface area contributed by atoms with Crippen LogP contribution < -0.4 is 0 Å². The number of carboxylic acid groups (broad SMARTS) is 1. The summed E-state index contributed by atoms with van der Waals surface area (Å²) in [5.41, 5.74) is 1.80. The first-order valence-corrected chi connectivity index (χ1v) is 13.7. The third kappa shape index (κ3) is 3.65. The van der Waals surface area contributed by atoms with Gasteiger partial charge in [0, 0.05) is 6.42 Å². The monoisotopic (exact) mass is 472 g/mol. The van der Waals surface area contributed by atoms with Crippen molar-refractivity contribution >= 4 is 5.97 Å². The predicted octanol–water partition coefficient (Wildman–Crippen LogP) is 7.90. The average molecular weight is 473 g/mol. The van der Waals surface area contributed by atoms with Crippen LogP contribution in [-0.4, -0.2) is 21.9 Å². The minimum atomic E-state index is -0.650. The van der Waals surface area contributed by atoms with Crippen molar-refractivity contribution in [1.29, 1.82) is 0 Å². The van der Waals surface area contributed by atoms with Gasteiger partial charge >= 0.3 is 5.97 Å². The number of allylic oxidation sites excluding steroid dienone is 2. The molecule has 8 atom stereocenters. The zero-order chi connectivity index (χ0) is 25.2. The molecule has 0 heterocycles. The molecular weight excluding hydrogens is 424 g/mol. The molecule has 0 radical (unpaired) electrons. The molecule has 2 N–H and O–H groups in total. The van der Waals surface area contributed by atoms with Gasteiger partial charge in [-0.1, -0.05) is 45.1 Å². The molecule has 0 aromatic rings. The van der Waals surface area contributed by atoms with E-state index in [1.54, 1.807) is 0 Å². The van der Waals surface area contributed by atoms with Gasteiger partial charge < -0.3 is 5.11 Å². The van der Waals surface area contributed by atoms with Gasteiger partial charge in [0.05, 0.1) is 0 Å². The summed E-state index contributed by atoms with van der Waals surface area (Å²) in [6.07, 6.45) is 15.1. The summed E-state index contributed by atoms with van der Waals surface area (Å²) < 4.78 is 0. The molecule has 0 unspecified atom stereocenters. The summed E-state index contributed by atoms with van der Waals surface area (Å²) in [5.74, 6) is 1.84. The Labute approximate surface area is 207 Å². The quantitative estimate of drug-likeness (QED) is 0.203. The molecule has 4 aliphatic rings. The van der Waals surface area contributed by atoms with E-state index in [-0.39, 0.29) is 5.41 Å². The fourth-order valence-corrected chi connectivity index (χ4v) is 10.0. The third-order valence-corrected chi connectivity index (χ3v) is 11.9. The maximum Gasteiger partial charge on any atom is 0.303 e. The van der Waals surface area contributed by atoms with Crippen LogP contribution in [0.5, 0.6) is 0 Å². The molecule has 0 aliphatic heterocycles. The van der Waals surface area contributed by atoms with E-state index in [0.29, 0.717) is 46.3 Å². The van der Waals surface area contributed by atoms with Gasteiger partial charge in [-0.2, -0.15) is 0 Å². The molecule has 4 aliphatic carbocycles. The van der Waals surface area contributed by atoms with E-state index in [1.807, 2.05) is 19.9 Å². The van der Waals surface area contributed by atoms with E-state index in [2.05, 4.69) is 45.2 Å². The Morgan fingerprint density at radius 2 is 1.88 bits per heavy atom. The van der Waals surface area contributed by atoms with Gasteiger partial charge in [-0.05, 0) is 124 Å². The fourth-order valence-electron chi connectivity index (χ4n) is 10.0. The van der Waals surface area contributed by atoms with Crippen molar-refractivity contribution in [3.63, 3.8) is 0 Å². The second-order valence-electron chi connectivity index (χ2n) is 13.7. The molecule has 4 nitrogen and oxygen atoms in total. The summed E-state index contributed by atoms with van der Waals surface area (Å²) in [6.45, 7) is 17.9. The molecule has 192 valence electrons. The first-order chi connectivity index (χ1) is 15.8. The second kappa shape index (κ2) is 8.47. The summed E-state index contributed by atoms with van der Waals surface area (Å²) >= 11 is 0. The Bertz CT molecular complexity index is 860. The molecule has 0 amide bonds. The highest BCUT2D eigenvalue weighted by atomic mass is 17.1. The molecule has 4 fully saturated rings. The lowest BCUT2D eigenvalue weighted by Gasteiger charge is -2.61. The van der Waals surface area contributed by atoms with Gasteiger partial charge in [0.15, 0.2) is 0 Å². The van der Waals surface area contributed by atoms with Crippen LogP contribution in [0.3, 0.4) is 0 Å². The highest BCUT2D eigenvalue weighted by Crippen LogP contribution is 2.87. The van der Waals surface area contributed by atoms with E-state index in [1.165, 1.54) is 50.5 Å². The third-order valence-electron chi connectivity index (χ3n) is 11.9. The van der Waals surface area contributed by atoms with Crippen molar-refractivity contribution in [3.05, 3.63) is 24.3 Å². The van der Waals surface area contributed by atoms with Crippen LogP contribution in [-0.2, 0) is 9.68 Å². The van der Waals surface area contributed by atoms with Gasteiger partial charge in [0.25, 0.3) is 0 Å². The van der Waals surface area contributed by atoms with Crippen molar-refractivity contribution in [2.24, 2.45) is 45.3 Å². The molecule has 4 heteroatoms. The number of rotatable bonds is 9. The van der Waals surface area contributed by atoms with Gasteiger partial charge in [-0.3, -0.25) is 10.1 Å². The van der Waals surface area contributed by atoms with E-state index in [4.69, 9.17) is 5.26 Å². The van der Waals surface area contributed by atoms with Crippen LogP contribution in [0.15, 0.2) is 24.3 Å². The van der Waals surface area contributed by atoms with E-state index in [0.717, 1.165) is 12.8 Å². The Morgan fingerprint density at radius 3 is 2.50 bits per heavy atom. The zero-order valence-corrected chi connectivity index (χ0v) is 22.5. The van der Waals surface area contributed by atoms with Crippen LogP contribution in [0.4, 0.5) is 0 Å². The Balaban J connectivity index is 1.57. The van der Waals surface area contributed by atoms with Gasteiger partial charge in [-0.15, -0.1) is 0 Å². The highest BCUT2D eigenvalue weighted by Gasteiger charge is 2.80. The number of carboxylic acids is 1.